The molecule has 0 aliphatic carbocycles. The zero-order valence-electron chi connectivity index (χ0n) is 22.8. The molecular weight excluding hydrogens is 512 g/mol. The van der Waals surface area contributed by atoms with E-state index in [-0.39, 0.29) is 0 Å². The molecule has 0 saturated carbocycles. The van der Waals surface area contributed by atoms with Gasteiger partial charge in [0.05, 0.1) is 0 Å². The van der Waals surface area contributed by atoms with Crippen molar-refractivity contribution in [2.75, 3.05) is 4.90 Å². The minimum atomic E-state index is 0.783. The van der Waals surface area contributed by atoms with Gasteiger partial charge in [-0.1, -0.05) is 103 Å². The van der Waals surface area contributed by atoms with Crippen LogP contribution in [0.15, 0.2) is 162 Å². The Morgan fingerprint density at radius 3 is 1.79 bits per heavy atom. The van der Waals surface area contributed by atoms with Crippen LogP contribution in [0.25, 0.3) is 55.1 Å². The van der Waals surface area contributed by atoms with Crippen LogP contribution < -0.4 is 4.90 Å². The van der Waals surface area contributed by atoms with Crippen LogP contribution in [0, 0.1) is 0 Å². The van der Waals surface area contributed by atoms with Crippen molar-refractivity contribution in [1.82, 2.24) is 4.98 Å². The van der Waals surface area contributed by atoms with Gasteiger partial charge in [-0.2, -0.15) is 0 Å². The third-order valence-electron chi connectivity index (χ3n) is 7.88. The molecule has 0 unspecified atom stereocenters. The summed E-state index contributed by atoms with van der Waals surface area (Å²) in [6.07, 6.45) is 0. The summed E-state index contributed by atoms with van der Waals surface area (Å²) < 4.78 is 6.08. The molecule has 42 heavy (non-hydrogen) atoms. The van der Waals surface area contributed by atoms with E-state index in [9.17, 15) is 0 Å². The minimum Gasteiger partial charge on any atom is -0.454 e. The number of hydrogen-bond donors (Lipinski definition) is 0. The van der Waals surface area contributed by atoms with Gasteiger partial charge in [-0.15, -0.1) is 0 Å². The molecule has 6 aromatic carbocycles. The van der Waals surface area contributed by atoms with E-state index in [0.29, 0.717) is 0 Å². The van der Waals surface area contributed by atoms with E-state index in [2.05, 4.69) is 126 Å². The van der Waals surface area contributed by atoms with Crippen LogP contribution in [-0.4, -0.2) is 4.98 Å². The van der Waals surface area contributed by atoms with E-state index < -0.39 is 0 Å². The van der Waals surface area contributed by atoms with E-state index in [1.807, 2.05) is 36.4 Å². The number of anilines is 3. The first-order valence-electron chi connectivity index (χ1n) is 14.1. The molecule has 8 rings (SSSR count). The Hall–Kier alpha value is -5.67. The summed E-state index contributed by atoms with van der Waals surface area (Å²) in [4.78, 5) is 7.35. The second-order valence-electron chi connectivity index (χ2n) is 10.5. The normalized spacial score (nSPS) is 11.3. The molecule has 0 fully saturated rings. The van der Waals surface area contributed by atoms with Crippen molar-refractivity contribution in [1.29, 1.82) is 0 Å². The highest BCUT2D eigenvalue weighted by Gasteiger charge is 2.17. The van der Waals surface area contributed by atoms with Gasteiger partial charge in [0, 0.05) is 16.8 Å². The fraction of sp³-hybridized carbons (Fsp3) is 0. The number of nitrogens with zero attached hydrogens (tertiary/aromatic N) is 2. The maximum absolute atomic E-state index is 6.08. The molecule has 0 bridgehead atoms. The summed E-state index contributed by atoms with van der Waals surface area (Å²) in [6.45, 7) is 0. The van der Waals surface area contributed by atoms with Crippen molar-refractivity contribution in [2.45, 2.75) is 0 Å². The molecule has 0 N–H and O–H groups in total. The lowest BCUT2D eigenvalue weighted by atomic mass is 10.0. The number of hydrogen-bond acceptors (Lipinski definition) is 3. The van der Waals surface area contributed by atoms with Crippen molar-refractivity contribution in [3.8, 4) is 22.3 Å². The average molecular weight is 539 g/mol. The summed E-state index contributed by atoms with van der Waals surface area (Å²) in [5.41, 5.74) is 9.30. The van der Waals surface area contributed by atoms with E-state index in [0.717, 1.165) is 39.3 Å². The lowest BCUT2D eigenvalue weighted by molar-refractivity contribution is 0.668. The number of benzene rings is 6. The first-order chi connectivity index (χ1) is 20.8. The summed E-state index contributed by atoms with van der Waals surface area (Å²) in [5.74, 6) is 0.833. The van der Waals surface area contributed by atoms with Crippen molar-refractivity contribution in [3.63, 3.8) is 0 Å². The third kappa shape index (κ3) is 4.29. The van der Waals surface area contributed by atoms with Crippen molar-refractivity contribution < 1.29 is 4.42 Å². The monoisotopic (exact) mass is 538 g/mol. The number of fused-ring (bicyclic) bond motifs is 4. The highest BCUT2D eigenvalue weighted by molar-refractivity contribution is 6.03. The molecule has 3 heteroatoms. The van der Waals surface area contributed by atoms with Crippen LogP contribution in [-0.2, 0) is 0 Å². The van der Waals surface area contributed by atoms with Gasteiger partial charge in [0.1, 0.15) is 16.9 Å². The molecular formula is C39H26N2O. The van der Waals surface area contributed by atoms with Gasteiger partial charge in [-0.25, -0.2) is 4.98 Å². The molecule has 0 radical (unpaired) electrons. The van der Waals surface area contributed by atoms with Gasteiger partial charge in [0.25, 0.3) is 0 Å². The molecule has 2 aromatic heterocycles. The van der Waals surface area contributed by atoms with Gasteiger partial charge < -0.3 is 4.42 Å². The number of rotatable bonds is 5. The minimum absolute atomic E-state index is 0.783. The average Bonchev–Trinajstić information content (AvgIpc) is 3.44. The predicted molar refractivity (Wildman–Crippen MR) is 175 cm³/mol. The third-order valence-corrected chi connectivity index (χ3v) is 7.88. The second kappa shape index (κ2) is 10.1. The van der Waals surface area contributed by atoms with Crippen LogP contribution in [0.1, 0.15) is 0 Å². The first kappa shape index (κ1) is 24.2. The quantitative estimate of drug-likeness (QED) is 0.218. The second-order valence-corrected chi connectivity index (χ2v) is 10.5. The smallest absolute Gasteiger partial charge is 0.154 e. The highest BCUT2D eigenvalue weighted by atomic mass is 16.3. The Kier molecular flexibility index (Phi) is 5.79. The van der Waals surface area contributed by atoms with Gasteiger partial charge in [-0.05, 0) is 87.6 Å². The first-order valence-corrected chi connectivity index (χ1v) is 14.1. The number of aromatic nitrogens is 1. The fourth-order valence-corrected chi connectivity index (χ4v) is 5.72. The molecule has 8 aromatic rings. The van der Waals surface area contributed by atoms with Crippen molar-refractivity contribution >= 4 is 50.0 Å². The van der Waals surface area contributed by atoms with Crippen LogP contribution in [0.2, 0.25) is 0 Å². The maximum Gasteiger partial charge on any atom is 0.154 e. The zero-order chi connectivity index (χ0) is 27.9. The van der Waals surface area contributed by atoms with Gasteiger partial charge in [0.2, 0.25) is 0 Å². The standard InChI is InChI=1S/C39H26N2O/c1-2-8-27(9-3-1)29-16-20-33(21-17-29)41(38-25-24-37-39(40-38)35-12-6-7-13-36(35)42-37)34-22-18-30(19-23-34)32-15-14-28-10-4-5-11-31(28)26-32/h1-26H. The Balaban J connectivity index is 1.23. The number of pyridine rings is 1. The number of para-hydroxylation sites is 1. The Morgan fingerprint density at radius 1 is 0.429 bits per heavy atom. The molecule has 0 aliphatic heterocycles. The van der Waals surface area contributed by atoms with E-state index in [1.165, 1.54) is 33.0 Å². The summed E-state index contributed by atoms with van der Waals surface area (Å²) in [5, 5.41) is 3.50. The van der Waals surface area contributed by atoms with Gasteiger partial charge >= 0.3 is 0 Å². The summed E-state index contributed by atoms with van der Waals surface area (Å²) in [7, 11) is 0. The van der Waals surface area contributed by atoms with E-state index in [1.54, 1.807) is 0 Å². The summed E-state index contributed by atoms with van der Waals surface area (Å²) >= 11 is 0. The maximum atomic E-state index is 6.08. The lowest BCUT2D eigenvalue weighted by Gasteiger charge is -2.25. The molecule has 0 aliphatic rings. The van der Waals surface area contributed by atoms with Crippen LogP contribution in [0.5, 0.6) is 0 Å². The lowest BCUT2D eigenvalue weighted by Crippen LogP contribution is -2.11. The Bertz CT molecular complexity index is 2180. The van der Waals surface area contributed by atoms with Crippen LogP contribution in [0.3, 0.4) is 0 Å². The van der Waals surface area contributed by atoms with Crippen LogP contribution in [0.4, 0.5) is 17.2 Å². The molecule has 0 amide bonds. The number of furan rings is 1. The largest absolute Gasteiger partial charge is 0.454 e. The van der Waals surface area contributed by atoms with E-state index >= 15 is 0 Å². The highest BCUT2D eigenvalue weighted by Crippen LogP contribution is 2.38. The predicted octanol–water partition coefficient (Wildman–Crippen LogP) is 10.9. The topological polar surface area (TPSA) is 29.3 Å². The van der Waals surface area contributed by atoms with Crippen molar-refractivity contribution in [3.05, 3.63) is 158 Å². The Labute approximate surface area is 243 Å². The van der Waals surface area contributed by atoms with Gasteiger partial charge in [-0.3, -0.25) is 4.90 Å². The SMILES string of the molecule is c1ccc(-c2ccc(N(c3ccc(-c4ccc5ccccc5c4)cc3)c3ccc4oc5ccccc5c4n3)cc2)cc1. The Morgan fingerprint density at radius 2 is 1.02 bits per heavy atom. The van der Waals surface area contributed by atoms with Gasteiger partial charge in [0.15, 0.2) is 5.58 Å². The molecule has 0 spiro atoms. The molecule has 198 valence electrons. The fourth-order valence-electron chi connectivity index (χ4n) is 5.72. The molecule has 3 nitrogen and oxygen atoms in total. The molecule has 2 heterocycles. The molecule has 0 saturated heterocycles. The zero-order valence-corrected chi connectivity index (χ0v) is 22.8. The summed E-state index contributed by atoms with van der Waals surface area (Å²) in [6, 6.07) is 55.1. The van der Waals surface area contributed by atoms with Crippen molar-refractivity contribution in [2.24, 2.45) is 0 Å². The van der Waals surface area contributed by atoms with Crippen LogP contribution >= 0.6 is 0 Å². The molecule has 0 atom stereocenters. The van der Waals surface area contributed by atoms with E-state index in [4.69, 9.17) is 9.40 Å².